The van der Waals surface area contributed by atoms with Crippen molar-refractivity contribution in [1.29, 1.82) is 0 Å². The number of carbonyl (C=O) groups excluding carboxylic acids is 1. The Morgan fingerprint density at radius 2 is 2.20 bits per heavy atom. The summed E-state index contributed by atoms with van der Waals surface area (Å²) in [4.78, 5) is 13.4. The molecule has 1 amide bonds. The normalized spacial score (nSPS) is 11.6. The van der Waals surface area contributed by atoms with Crippen LogP contribution in [0.25, 0.3) is 0 Å². The second-order valence-electron chi connectivity index (χ2n) is 5.76. The molecule has 0 bridgehead atoms. The number of carbonyl (C=O) groups is 1. The van der Waals surface area contributed by atoms with E-state index in [1.54, 1.807) is 12.4 Å². The third-order valence-corrected chi connectivity index (χ3v) is 4.33. The number of rotatable bonds is 5. The first-order valence-electron chi connectivity index (χ1n) is 6.48. The number of nitrogens with two attached hydrogens (primary N) is 1. The molecule has 0 spiro atoms. The molecule has 0 atom stereocenters. The Balaban J connectivity index is 1.93. The minimum atomic E-state index is -0.396. The lowest BCUT2D eigenvalue weighted by Crippen LogP contribution is -2.18. The van der Waals surface area contributed by atoms with Crippen LogP contribution in [0, 0.1) is 0 Å². The van der Waals surface area contributed by atoms with Crippen LogP contribution in [0.5, 0.6) is 0 Å². The zero-order chi connectivity index (χ0) is 14.8. The van der Waals surface area contributed by atoms with Gasteiger partial charge in [0.15, 0.2) is 0 Å². The smallest absolute Gasteiger partial charge is 0.239 e. The van der Waals surface area contributed by atoms with Crippen molar-refractivity contribution in [3.63, 3.8) is 0 Å². The molecule has 6 heteroatoms. The summed E-state index contributed by atoms with van der Waals surface area (Å²) in [6.07, 6.45) is 3.48. The SMILES string of the molecule is CC(C)(C)c1ccc(CNc2cnn(CC(N)=O)c2)s1. The maximum Gasteiger partial charge on any atom is 0.239 e. The Morgan fingerprint density at radius 3 is 2.80 bits per heavy atom. The Morgan fingerprint density at radius 1 is 1.45 bits per heavy atom. The van der Waals surface area contributed by atoms with Gasteiger partial charge in [-0.1, -0.05) is 20.8 Å². The van der Waals surface area contributed by atoms with E-state index in [-0.39, 0.29) is 12.0 Å². The van der Waals surface area contributed by atoms with E-state index in [4.69, 9.17) is 5.73 Å². The highest BCUT2D eigenvalue weighted by atomic mass is 32.1. The van der Waals surface area contributed by atoms with Crippen molar-refractivity contribution in [1.82, 2.24) is 9.78 Å². The number of hydrogen-bond acceptors (Lipinski definition) is 4. The molecule has 0 aliphatic rings. The van der Waals surface area contributed by atoms with Gasteiger partial charge >= 0.3 is 0 Å². The Kier molecular flexibility index (Phi) is 4.13. The summed E-state index contributed by atoms with van der Waals surface area (Å²) in [6.45, 7) is 7.50. The molecule has 2 aromatic heterocycles. The third-order valence-electron chi connectivity index (χ3n) is 2.82. The Bertz CT molecular complexity index is 594. The summed E-state index contributed by atoms with van der Waals surface area (Å²) in [6, 6.07) is 4.32. The number of amides is 1. The maximum atomic E-state index is 10.8. The lowest BCUT2D eigenvalue weighted by atomic mass is 9.95. The topological polar surface area (TPSA) is 72.9 Å². The summed E-state index contributed by atoms with van der Waals surface area (Å²) < 4.78 is 1.53. The largest absolute Gasteiger partial charge is 0.378 e. The van der Waals surface area contributed by atoms with Crippen LogP contribution in [-0.2, 0) is 23.3 Å². The van der Waals surface area contributed by atoms with Crippen LogP contribution in [0.1, 0.15) is 30.5 Å². The minimum absolute atomic E-state index is 0.106. The van der Waals surface area contributed by atoms with E-state index in [0.29, 0.717) is 0 Å². The summed E-state index contributed by atoms with van der Waals surface area (Å²) in [5.74, 6) is -0.396. The van der Waals surface area contributed by atoms with Gasteiger partial charge in [-0.15, -0.1) is 11.3 Å². The van der Waals surface area contributed by atoms with Gasteiger partial charge in [0.2, 0.25) is 5.91 Å². The van der Waals surface area contributed by atoms with Crippen molar-refractivity contribution >= 4 is 22.9 Å². The van der Waals surface area contributed by atoms with E-state index in [2.05, 4.69) is 43.3 Å². The zero-order valence-electron chi connectivity index (χ0n) is 12.0. The van der Waals surface area contributed by atoms with Crippen molar-refractivity contribution in [3.05, 3.63) is 34.3 Å². The zero-order valence-corrected chi connectivity index (χ0v) is 12.8. The average molecular weight is 292 g/mol. The van der Waals surface area contributed by atoms with E-state index in [0.717, 1.165) is 12.2 Å². The first-order chi connectivity index (χ1) is 9.34. The fourth-order valence-electron chi connectivity index (χ4n) is 1.77. The third kappa shape index (κ3) is 3.84. The van der Waals surface area contributed by atoms with E-state index >= 15 is 0 Å². The molecule has 0 aliphatic heterocycles. The molecule has 2 rings (SSSR count). The highest BCUT2D eigenvalue weighted by Gasteiger charge is 2.15. The predicted octanol–water partition coefficient (Wildman–Crippen LogP) is 2.34. The molecule has 108 valence electrons. The second kappa shape index (κ2) is 5.66. The van der Waals surface area contributed by atoms with Gasteiger partial charge in [-0.2, -0.15) is 5.10 Å². The van der Waals surface area contributed by atoms with Gasteiger partial charge in [0.1, 0.15) is 6.54 Å². The van der Waals surface area contributed by atoms with Crippen molar-refractivity contribution in [2.45, 2.75) is 39.3 Å². The molecule has 0 saturated heterocycles. The number of aromatic nitrogens is 2. The van der Waals surface area contributed by atoms with E-state index in [1.165, 1.54) is 14.4 Å². The second-order valence-corrected chi connectivity index (χ2v) is 6.93. The molecule has 20 heavy (non-hydrogen) atoms. The fourth-order valence-corrected chi connectivity index (χ4v) is 2.77. The van der Waals surface area contributed by atoms with Crippen LogP contribution >= 0.6 is 11.3 Å². The number of nitrogens with zero attached hydrogens (tertiary/aromatic N) is 2. The molecular weight excluding hydrogens is 272 g/mol. The van der Waals surface area contributed by atoms with Crippen LogP contribution in [0.15, 0.2) is 24.5 Å². The summed E-state index contributed by atoms with van der Waals surface area (Å²) in [5, 5.41) is 7.36. The standard InChI is InChI=1S/C14H20N4OS/c1-14(2,3)12-5-4-11(20-12)7-16-10-6-17-18(8-10)9-13(15)19/h4-6,8,16H,7,9H2,1-3H3,(H2,15,19). The molecular formula is C14H20N4OS. The van der Waals surface area contributed by atoms with Crippen molar-refractivity contribution in [3.8, 4) is 0 Å². The van der Waals surface area contributed by atoms with Gasteiger partial charge in [-0.05, 0) is 17.5 Å². The fraction of sp³-hybridized carbons (Fsp3) is 0.429. The quantitative estimate of drug-likeness (QED) is 0.888. The number of nitrogens with one attached hydrogen (secondary N) is 1. The van der Waals surface area contributed by atoms with E-state index in [9.17, 15) is 4.79 Å². The van der Waals surface area contributed by atoms with Crippen LogP contribution in [-0.4, -0.2) is 15.7 Å². The van der Waals surface area contributed by atoms with Crippen LogP contribution in [0.3, 0.4) is 0 Å². The summed E-state index contributed by atoms with van der Waals surface area (Å²) in [7, 11) is 0. The first-order valence-corrected chi connectivity index (χ1v) is 7.30. The molecule has 5 nitrogen and oxygen atoms in total. The van der Waals surface area contributed by atoms with Gasteiger partial charge in [0.05, 0.1) is 11.9 Å². The summed E-state index contributed by atoms with van der Waals surface area (Å²) in [5.41, 5.74) is 6.20. The molecule has 2 aromatic rings. The number of thiophene rings is 1. The Labute approximate surface area is 122 Å². The van der Waals surface area contributed by atoms with Crippen LogP contribution < -0.4 is 11.1 Å². The molecule has 0 saturated carbocycles. The van der Waals surface area contributed by atoms with Gasteiger partial charge in [-0.3, -0.25) is 9.48 Å². The van der Waals surface area contributed by atoms with Gasteiger partial charge in [0, 0.05) is 22.5 Å². The lowest BCUT2D eigenvalue weighted by molar-refractivity contribution is -0.118. The minimum Gasteiger partial charge on any atom is -0.378 e. The maximum absolute atomic E-state index is 10.8. The molecule has 0 fully saturated rings. The molecule has 0 unspecified atom stereocenters. The van der Waals surface area contributed by atoms with Gasteiger partial charge < -0.3 is 11.1 Å². The lowest BCUT2D eigenvalue weighted by Gasteiger charge is -2.15. The van der Waals surface area contributed by atoms with Crippen molar-refractivity contribution in [2.75, 3.05) is 5.32 Å². The van der Waals surface area contributed by atoms with Gasteiger partial charge in [0.25, 0.3) is 0 Å². The summed E-state index contributed by atoms with van der Waals surface area (Å²) >= 11 is 1.81. The number of anilines is 1. The highest BCUT2D eigenvalue weighted by Crippen LogP contribution is 2.29. The molecule has 0 radical (unpaired) electrons. The molecule has 0 aliphatic carbocycles. The number of hydrogen-bond donors (Lipinski definition) is 2. The average Bonchev–Trinajstić information content (AvgIpc) is 2.93. The van der Waals surface area contributed by atoms with Gasteiger partial charge in [-0.25, -0.2) is 0 Å². The van der Waals surface area contributed by atoms with Crippen molar-refractivity contribution in [2.24, 2.45) is 5.73 Å². The number of primary amides is 1. The molecule has 3 N–H and O–H groups in total. The molecule has 0 aromatic carbocycles. The monoisotopic (exact) mass is 292 g/mol. The van der Waals surface area contributed by atoms with Crippen molar-refractivity contribution < 1.29 is 4.79 Å². The van der Waals surface area contributed by atoms with Crippen LogP contribution in [0.2, 0.25) is 0 Å². The molecule has 2 heterocycles. The Hall–Kier alpha value is -1.82. The first kappa shape index (κ1) is 14.6. The van der Waals surface area contributed by atoms with E-state index in [1.807, 2.05) is 11.3 Å². The highest BCUT2D eigenvalue weighted by molar-refractivity contribution is 7.12. The van der Waals surface area contributed by atoms with Crippen LogP contribution in [0.4, 0.5) is 5.69 Å². The van der Waals surface area contributed by atoms with E-state index < -0.39 is 5.91 Å². The predicted molar refractivity (Wildman–Crippen MR) is 81.8 cm³/mol.